The number of H-pyrrole nitrogens is 1. The summed E-state index contributed by atoms with van der Waals surface area (Å²) in [6, 6.07) is -10.8. The van der Waals surface area contributed by atoms with Crippen molar-refractivity contribution in [3.05, 3.63) is 83.9 Å². The van der Waals surface area contributed by atoms with Gasteiger partial charge >= 0.3 is 11.9 Å². The standard InChI is InChI=1S/C90H139N25O27/c1-14-47(10)74(115-84(136)57(30-43(2)3)107-78(130)55(92)27-28-69(123)124)90(142)110-61(34-64(93)118)83(135)108-62(35-65(94)119)85(137)113-72(45(6)7)88(140)103-50(13)76(128)105-56(22-18-19-29-91)80(132)102-49(12)77(129)106-60(33-53-36-95-42-100-53)79(131)98-37-66(120)96-38-67(121)104-58(32-52-23-25-54(117)26-24-52)82(134)111-63(41-116)86(138)114-73(46(8)9)89(141)109-59(31-51-20-16-15-17-21-51)81(133)101-48(11)75(127)97-39-68(122)112-71(44(4)5)87(139)99-40-70(125)126/h15-17,20-21,23-26,36,42-50,55-63,71-74,116-117H,14,18-19,22,27-35,37-41,91-92H2,1-13H3,(H2,93,118)(H2,94,119)(H,95,100)(H,96,120)(H,97,127)(H,98,131)(H,99,139)(H,101,133)(H,102,132)(H,103,140)(H,104,121)(H,105,128)(H,106,129)(H,107,130)(H,108,135)(H,109,141)(H,110,142)(H,111,134)(H,112,122)(H,113,137)(H,114,138)(H,115,136)(H,123,124)(H,125,126)/t47-,48-,49-,50-,55-,56-,57-,58-,59-,60-,61-,62-,63-,71-,72-,73-,74-/m0/s1. The molecule has 0 aliphatic rings. The molecule has 0 radical (unpaired) electrons. The molecule has 2 aromatic carbocycles. The number of aromatic nitrogens is 2. The molecule has 52 nitrogen and oxygen atoms in total. The van der Waals surface area contributed by atoms with Gasteiger partial charge in [0.15, 0.2) is 0 Å². The van der Waals surface area contributed by atoms with Crippen LogP contribution < -0.4 is 124 Å². The van der Waals surface area contributed by atoms with Gasteiger partial charge in [-0.1, -0.05) is 118 Å². The largest absolute Gasteiger partial charge is 0.508 e. The van der Waals surface area contributed by atoms with Crippen molar-refractivity contribution in [3.63, 3.8) is 0 Å². The first-order chi connectivity index (χ1) is 66.7. The van der Waals surface area contributed by atoms with E-state index >= 15 is 0 Å². The minimum atomic E-state index is -1.93. The Labute approximate surface area is 819 Å². The number of carboxylic acid groups (broad SMARTS) is 2. The molecule has 0 saturated carbocycles. The summed E-state index contributed by atoms with van der Waals surface area (Å²) in [5.41, 5.74) is 23.8. The quantitative estimate of drug-likeness (QED) is 0.0233. The van der Waals surface area contributed by atoms with E-state index in [4.69, 9.17) is 33.1 Å². The third kappa shape index (κ3) is 44.5. The fraction of sp³-hybridized carbons (Fsp3) is 0.578. The molecule has 52 heteroatoms. The molecule has 0 aliphatic carbocycles. The fourth-order valence-electron chi connectivity index (χ4n) is 13.6. The smallest absolute Gasteiger partial charge is 0.322 e. The van der Waals surface area contributed by atoms with Crippen LogP contribution in [0.15, 0.2) is 67.1 Å². The van der Waals surface area contributed by atoms with E-state index < -0.39 is 308 Å². The number of amides is 21. The zero-order valence-corrected chi connectivity index (χ0v) is 81.6. The van der Waals surface area contributed by atoms with Crippen molar-refractivity contribution in [1.29, 1.82) is 0 Å². The van der Waals surface area contributed by atoms with E-state index in [0.717, 1.165) is 0 Å². The molecule has 3 rings (SSSR count). The number of nitrogens with one attached hydrogen (secondary N) is 20. The number of primary amides is 2. The molecule has 1 heterocycles. The van der Waals surface area contributed by atoms with Gasteiger partial charge in [0.05, 0.1) is 57.1 Å². The number of phenolic OH excluding ortho intramolecular Hbond substituents is 1. The molecule has 1 aromatic heterocycles. The van der Waals surface area contributed by atoms with Crippen LogP contribution in [-0.2, 0) is 130 Å². The van der Waals surface area contributed by atoms with Gasteiger partial charge in [-0.15, -0.1) is 0 Å². The van der Waals surface area contributed by atoms with Crippen LogP contribution in [0.25, 0.3) is 0 Å². The zero-order valence-electron chi connectivity index (χ0n) is 81.6. The van der Waals surface area contributed by atoms with Gasteiger partial charge in [0.2, 0.25) is 124 Å². The van der Waals surface area contributed by atoms with E-state index in [9.17, 15) is 120 Å². The number of carbonyl (C=O) groups excluding carboxylic acids is 21. The molecule has 786 valence electrons. The first kappa shape index (κ1) is 121. The fourth-order valence-corrected chi connectivity index (χ4v) is 13.6. The summed E-state index contributed by atoms with van der Waals surface area (Å²) in [5.74, 6) is -26.8. The lowest BCUT2D eigenvalue weighted by Gasteiger charge is -2.29. The Morgan fingerprint density at radius 1 is 0.373 bits per heavy atom. The van der Waals surface area contributed by atoms with Crippen LogP contribution in [0.1, 0.15) is 165 Å². The first-order valence-corrected chi connectivity index (χ1v) is 46.2. The number of aliphatic carboxylic acids is 2. The molecular formula is C90H139N25O27. The Morgan fingerprint density at radius 2 is 0.775 bits per heavy atom. The third-order valence-corrected chi connectivity index (χ3v) is 21.9. The Morgan fingerprint density at radius 3 is 1.29 bits per heavy atom. The van der Waals surface area contributed by atoms with Crippen LogP contribution in [0, 0.1) is 29.6 Å². The maximum Gasteiger partial charge on any atom is 0.322 e. The van der Waals surface area contributed by atoms with Crippen LogP contribution in [0.5, 0.6) is 5.75 Å². The molecule has 3 aromatic rings. The van der Waals surface area contributed by atoms with Gasteiger partial charge in [-0.05, 0) is 112 Å². The van der Waals surface area contributed by atoms with E-state index in [1.54, 1.807) is 71.9 Å². The first-order valence-electron chi connectivity index (χ1n) is 46.2. The van der Waals surface area contributed by atoms with E-state index in [0.29, 0.717) is 17.5 Å². The number of aliphatic hydroxyl groups excluding tert-OH is 1. The second kappa shape index (κ2) is 61.6. The van der Waals surface area contributed by atoms with Crippen LogP contribution in [0.2, 0.25) is 0 Å². The van der Waals surface area contributed by atoms with Gasteiger partial charge in [-0.3, -0.25) is 110 Å². The number of nitrogens with two attached hydrogens (primary N) is 4. The van der Waals surface area contributed by atoms with Crippen molar-refractivity contribution in [2.24, 2.45) is 52.5 Å². The number of hydrogen-bond acceptors (Lipinski definition) is 28. The predicted molar refractivity (Wildman–Crippen MR) is 506 cm³/mol. The highest BCUT2D eigenvalue weighted by Crippen LogP contribution is 2.18. The third-order valence-electron chi connectivity index (χ3n) is 21.9. The Kier molecular flexibility index (Phi) is 52.6. The molecule has 142 heavy (non-hydrogen) atoms. The second-order valence-electron chi connectivity index (χ2n) is 35.5. The minimum Gasteiger partial charge on any atom is -0.508 e. The minimum absolute atomic E-state index is 0.0241. The molecule has 17 atom stereocenters. The highest BCUT2D eigenvalue weighted by molar-refractivity contribution is 6.03. The molecule has 0 spiro atoms. The highest BCUT2D eigenvalue weighted by atomic mass is 16.4. The van der Waals surface area contributed by atoms with Crippen LogP contribution in [-0.4, -0.2) is 302 Å². The van der Waals surface area contributed by atoms with Crippen molar-refractivity contribution in [2.75, 3.05) is 39.3 Å². The molecule has 32 N–H and O–H groups in total. The van der Waals surface area contributed by atoms with Crippen molar-refractivity contribution >= 4 is 136 Å². The number of hydrogen-bond donors (Lipinski definition) is 28. The maximum atomic E-state index is 14.3. The zero-order chi connectivity index (χ0) is 107. The number of aromatic amines is 1. The van der Waals surface area contributed by atoms with Crippen LogP contribution >= 0.6 is 0 Å². The van der Waals surface area contributed by atoms with Gasteiger partial charge in [0.1, 0.15) is 103 Å². The summed E-state index contributed by atoms with van der Waals surface area (Å²) in [7, 11) is 0. The van der Waals surface area contributed by atoms with Crippen molar-refractivity contribution < 1.29 is 131 Å². The van der Waals surface area contributed by atoms with E-state index in [-0.39, 0.29) is 75.3 Å². The average molecular weight is 2000 g/mol. The van der Waals surface area contributed by atoms with Gasteiger partial charge in [-0.2, -0.15) is 0 Å². The van der Waals surface area contributed by atoms with E-state index in [2.05, 4.69) is 111 Å². The van der Waals surface area contributed by atoms with Crippen LogP contribution in [0.3, 0.4) is 0 Å². The molecule has 0 saturated heterocycles. The average Bonchev–Trinajstić information content (AvgIpc) is 1.04. The van der Waals surface area contributed by atoms with Crippen molar-refractivity contribution in [2.45, 2.75) is 264 Å². The maximum absolute atomic E-state index is 14.3. The molecular weight excluding hydrogens is 1860 g/mol. The Balaban J connectivity index is 1.75. The molecule has 21 amide bonds. The van der Waals surface area contributed by atoms with Crippen molar-refractivity contribution in [3.8, 4) is 5.75 Å². The number of aliphatic hydroxyl groups is 1. The topological polar surface area (TPSA) is 835 Å². The second-order valence-corrected chi connectivity index (χ2v) is 35.5. The van der Waals surface area contributed by atoms with Gasteiger partial charge < -0.3 is 149 Å². The highest BCUT2D eigenvalue weighted by Gasteiger charge is 2.41. The SMILES string of the molecule is CC[C@H](C)[C@H](NC(=O)[C@H](CC(C)C)NC(=O)[C@@H](N)CCC(=O)O)C(=O)N[C@@H](CC(N)=O)C(=O)N[C@@H](CC(N)=O)C(=O)N[C@H](C(=O)N[C@@H](C)C(=O)N[C@@H](CCCCN)C(=O)N[C@@H](C)C(=O)N[C@@H](Cc1c[nH]cn1)C(=O)NCC(=O)NCC(=O)N[C@@H](Cc1ccc(O)cc1)C(=O)N[C@@H](CO)C(=O)N[C@H](C(=O)N[C@@H](Cc1ccccc1)C(=O)N[C@@H](C)C(=O)NCC(=O)N[C@H](C(=O)NCC(=O)O)C(C)C)C(C)C)C(C)C. The number of carboxylic acids is 2. The molecule has 0 bridgehead atoms. The summed E-state index contributed by atoms with van der Waals surface area (Å²) in [6.45, 7) is 15.5. The summed E-state index contributed by atoms with van der Waals surface area (Å²) >= 11 is 0. The van der Waals surface area contributed by atoms with Crippen molar-refractivity contribution in [1.82, 2.24) is 111 Å². The molecule has 0 fully saturated rings. The number of unbranched alkanes of at least 4 members (excludes halogenated alkanes) is 1. The number of imidazole rings is 1. The lowest BCUT2D eigenvalue weighted by molar-refractivity contribution is -0.139. The van der Waals surface area contributed by atoms with Crippen LogP contribution in [0.4, 0.5) is 0 Å². The molecule has 0 unspecified atom stereocenters. The summed E-state index contributed by atoms with van der Waals surface area (Å²) < 4.78 is 0. The lowest BCUT2D eigenvalue weighted by Crippen LogP contribution is -2.62. The van der Waals surface area contributed by atoms with E-state index in [1.165, 1.54) is 85.3 Å². The van der Waals surface area contributed by atoms with Gasteiger partial charge in [-0.25, -0.2) is 4.98 Å². The summed E-state index contributed by atoms with van der Waals surface area (Å²) in [6.07, 6.45) is -0.0455. The predicted octanol–water partition coefficient (Wildman–Crippen LogP) is -8.85. The summed E-state index contributed by atoms with van der Waals surface area (Å²) in [4.78, 5) is 316. The summed E-state index contributed by atoms with van der Waals surface area (Å²) in [5, 5.41) is 84.6. The Bertz CT molecular complexity index is 4830. The number of nitrogens with zero attached hydrogens (tertiary/aromatic N) is 1. The number of carbonyl (C=O) groups is 23. The molecule has 0 aliphatic heterocycles. The Hall–Kier alpha value is -14.9. The number of aromatic hydroxyl groups is 1. The monoisotopic (exact) mass is 2000 g/mol. The lowest BCUT2D eigenvalue weighted by atomic mass is 9.96. The van der Waals surface area contributed by atoms with E-state index in [1.807, 2.05) is 0 Å². The number of phenols is 1. The number of rotatable bonds is 64. The van der Waals surface area contributed by atoms with Gasteiger partial charge in [0.25, 0.3) is 0 Å². The normalized spacial score (nSPS) is 14.7. The van der Waals surface area contributed by atoms with Gasteiger partial charge in [0, 0.05) is 31.9 Å². The number of benzene rings is 2.